The first-order valence-corrected chi connectivity index (χ1v) is 14.4. The molecule has 2 fully saturated rings. The Hall–Kier alpha value is -0.780. The van der Waals surface area contributed by atoms with Crippen LogP contribution >= 0.6 is 0 Å². The quantitative estimate of drug-likeness (QED) is 0.276. The van der Waals surface area contributed by atoms with Crippen molar-refractivity contribution < 1.29 is 0 Å². The number of hydrogen-bond acceptors (Lipinski definition) is 0. The Kier molecular flexibility index (Phi) is 11.5. The third-order valence-electron chi connectivity index (χ3n) is 8.75. The van der Waals surface area contributed by atoms with Gasteiger partial charge in [-0.3, -0.25) is 0 Å². The van der Waals surface area contributed by atoms with Gasteiger partial charge < -0.3 is 0 Å². The summed E-state index contributed by atoms with van der Waals surface area (Å²) >= 11 is 0. The SMILES string of the molecule is CCCCCCC[C@H]1CC[C@H](c2ccc([C@H]3CC[C@H](CCCCCC)CC3)cc2)CC1. The van der Waals surface area contributed by atoms with Crippen molar-refractivity contribution in [1.82, 2.24) is 0 Å². The van der Waals surface area contributed by atoms with Crippen molar-refractivity contribution in [2.24, 2.45) is 11.8 Å². The first kappa shape index (κ1) is 24.9. The molecule has 2 aliphatic carbocycles. The van der Waals surface area contributed by atoms with E-state index in [0.29, 0.717) is 0 Å². The second-order valence-corrected chi connectivity index (χ2v) is 11.2. The van der Waals surface area contributed by atoms with Gasteiger partial charge in [-0.2, -0.15) is 0 Å². The minimum Gasteiger partial charge on any atom is -0.0654 e. The van der Waals surface area contributed by atoms with Crippen molar-refractivity contribution in [3.8, 4) is 0 Å². The molecule has 2 saturated carbocycles. The summed E-state index contributed by atoms with van der Waals surface area (Å²) in [4.78, 5) is 0. The van der Waals surface area contributed by atoms with E-state index in [1.165, 1.54) is 122 Å². The van der Waals surface area contributed by atoms with Gasteiger partial charge in [0.05, 0.1) is 0 Å². The van der Waals surface area contributed by atoms with Crippen LogP contribution in [-0.4, -0.2) is 0 Å². The van der Waals surface area contributed by atoms with E-state index in [0.717, 1.165) is 23.7 Å². The maximum atomic E-state index is 2.50. The van der Waals surface area contributed by atoms with Gasteiger partial charge >= 0.3 is 0 Å². The lowest BCUT2D eigenvalue weighted by Crippen LogP contribution is -2.14. The molecule has 0 spiro atoms. The smallest absolute Gasteiger partial charge is 0.0162 e. The van der Waals surface area contributed by atoms with Crippen molar-refractivity contribution in [1.29, 1.82) is 0 Å². The van der Waals surface area contributed by atoms with Gasteiger partial charge in [-0.1, -0.05) is 109 Å². The zero-order valence-electron chi connectivity index (χ0n) is 21.1. The lowest BCUT2D eigenvalue weighted by molar-refractivity contribution is 0.300. The molecule has 0 radical (unpaired) electrons. The number of unbranched alkanes of at least 4 members (excludes halogenated alkanes) is 7. The molecule has 2 aliphatic rings. The molecule has 0 N–H and O–H groups in total. The Bertz CT molecular complexity index is 554. The van der Waals surface area contributed by atoms with Gasteiger partial charge in [0.25, 0.3) is 0 Å². The summed E-state index contributed by atoms with van der Waals surface area (Å²) in [6.45, 7) is 4.63. The highest BCUT2D eigenvalue weighted by atomic mass is 14.3. The molecule has 0 heterocycles. The molecule has 0 heteroatoms. The van der Waals surface area contributed by atoms with Crippen LogP contribution in [0.2, 0.25) is 0 Å². The zero-order valence-corrected chi connectivity index (χ0v) is 21.1. The van der Waals surface area contributed by atoms with Crippen LogP contribution < -0.4 is 0 Å². The zero-order chi connectivity index (χ0) is 21.7. The normalized spacial score (nSPS) is 26.8. The van der Waals surface area contributed by atoms with E-state index >= 15 is 0 Å². The van der Waals surface area contributed by atoms with Crippen molar-refractivity contribution in [3.05, 3.63) is 35.4 Å². The van der Waals surface area contributed by atoms with Gasteiger partial charge in [0, 0.05) is 0 Å². The molecule has 0 atom stereocenters. The maximum absolute atomic E-state index is 2.50. The van der Waals surface area contributed by atoms with Crippen molar-refractivity contribution in [2.45, 2.75) is 148 Å². The van der Waals surface area contributed by atoms with Crippen LogP contribution in [0.5, 0.6) is 0 Å². The Labute approximate surface area is 195 Å². The average molecular weight is 425 g/mol. The first-order valence-electron chi connectivity index (χ1n) is 14.4. The molecule has 0 saturated heterocycles. The molecular weight excluding hydrogens is 372 g/mol. The van der Waals surface area contributed by atoms with Gasteiger partial charge in [-0.25, -0.2) is 0 Å². The summed E-state index contributed by atoms with van der Waals surface area (Å²) in [5.74, 6) is 3.72. The van der Waals surface area contributed by atoms with Crippen LogP contribution in [0.1, 0.15) is 159 Å². The molecule has 0 bridgehead atoms. The topological polar surface area (TPSA) is 0 Å². The number of rotatable bonds is 13. The molecule has 0 aliphatic heterocycles. The highest BCUT2D eigenvalue weighted by Gasteiger charge is 2.24. The highest BCUT2D eigenvalue weighted by molar-refractivity contribution is 5.28. The molecule has 31 heavy (non-hydrogen) atoms. The summed E-state index contributed by atoms with van der Waals surface area (Å²) in [5.41, 5.74) is 3.27. The van der Waals surface area contributed by atoms with Crippen molar-refractivity contribution in [2.75, 3.05) is 0 Å². The van der Waals surface area contributed by atoms with Gasteiger partial charge in [-0.05, 0) is 86.2 Å². The van der Waals surface area contributed by atoms with Crippen LogP contribution in [0.4, 0.5) is 0 Å². The van der Waals surface area contributed by atoms with Crippen LogP contribution in [0.15, 0.2) is 24.3 Å². The maximum Gasteiger partial charge on any atom is -0.0162 e. The van der Waals surface area contributed by atoms with E-state index in [4.69, 9.17) is 0 Å². The van der Waals surface area contributed by atoms with Gasteiger partial charge in [0.2, 0.25) is 0 Å². The third kappa shape index (κ3) is 8.58. The molecule has 1 aromatic rings. The number of hydrogen-bond donors (Lipinski definition) is 0. The fourth-order valence-corrected chi connectivity index (χ4v) is 6.51. The lowest BCUT2D eigenvalue weighted by atomic mass is 9.75. The van der Waals surface area contributed by atoms with Crippen molar-refractivity contribution >= 4 is 0 Å². The molecular formula is C31H52. The Morgan fingerprint density at radius 1 is 0.484 bits per heavy atom. The monoisotopic (exact) mass is 424 g/mol. The average Bonchev–Trinajstić information content (AvgIpc) is 2.83. The lowest BCUT2D eigenvalue weighted by Gasteiger charge is -2.30. The Balaban J connectivity index is 1.34. The highest BCUT2D eigenvalue weighted by Crippen LogP contribution is 2.40. The summed E-state index contributed by atoms with van der Waals surface area (Å²) in [6.07, 6.45) is 27.5. The minimum absolute atomic E-state index is 0.837. The molecule has 0 amide bonds. The Morgan fingerprint density at radius 3 is 1.23 bits per heavy atom. The molecule has 1 aromatic carbocycles. The van der Waals surface area contributed by atoms with E-state index in [2.05, 4.69) is 38.1 Å². The van der Waals surface area contributed by atoms with E-state index < -0.39 is 0 Å². The van der Waals surface area contributed by atoms with Crippen LogP contribution in [-0.2, 0) is 0 Å². The van der Waals surface area contributed by atoms with Crippen LogP contribution in [0.25, 0.3) is 0 Å². The van der Waals surface area contributed by atoms with Crippen molar-refractivity contribution in [3.63, 3.8) is 0 Å². The van der Waals surface area contributed by atoms with E-state index in [1.807, 2.05) is 0 Å². The van der Waals surface area contributed by atoms with E-state index in [-0.39, 0.29) is 0 Å². The van der Waals surface area contributed by atoms with Gasteiger partial charge in [-0.15, -0.1) is 0 Å². The third-order valence-corrected chi connectivity index (χ3v) is 8.75. The summed E-state index contributed by atoms with van der Waals surface area (Å²) in [6, 6.07) is 10.0. The first-order chi connectivity index (χ1) is 15.3. The Morgan fingerprint density at radius 2 is 0.839 bits per heavy atom. The molecule has 3 rings (SSSR count). The number of benzene rings is 1. The summed E-state index contributed by atoms with van der Waals surface area (Å²) < 4.78 is 0. The molecule has 176 valence electrons. The predicted octanol–water partition coefficient (Wildman–Crippen LogP) is 10.6. The molecule has 0 nitrogen and oxygen atoms in total. The second-order valence-electron chi connectivity index (χ2n) is 11.2. The minimum atomic E-state index is 0.837. The van der Waals surface area contributed by atoms with Crippen LogP contribution in [0, 0.1) is 11.8 Å². The fourth-order valence-electron chi connectivity index (χ4n) is 6.51. The largest absolute Gasteiger partial charge is 0.0654 e. The van der Waals surface area contributed by atoms with E-state index in [1.54, 1.807) is 11.1 Å². The fraction of sp³-hybridized carbons (Fsp3) is 0.806. The summed E-state index contributed by atoms with van der Waals surface area (Å²) in [5, 5.41) is 0. The standard InChI is InChI=1S/C31H52/c1-3-5-7-9-11-13-27-16-20-29(21-17-27)31-24-22-30(23-25-31)28-18-14-26(15-19-28)12-10-8-6-4-2/h22-29H,3-21H2,1-2H3/t26-,27-,28-,29-. The molecule has 0 unspecified atom stereocenters. The van der Waals surface area contributed by atoms with E-state index in [9.17, 15) is 0 Å². The predicted molar refractivity (Wildman–Crippen MR) is 138 cm³/mol. The summed E-state index contributed by atoms with van der Waals surface area (Å²) in [7, 11) is 0. The van der Waals surface area contributed by atoms with Gasteiger partial charge in [0.1, 0.15) is 0 Å². The van der Waals surface area contributed by atoms with Crippen LogP contribution in [0.3, 0.4) is 0 Å². The van der Waals surface area contributed by atoms with Gasteiger partial charge in [0.15, 0.2) is 0 Å². The molecule has 0 aromatic heterocycles. The second kappa shape index (κ2) is 14.4.